The molecule has 0 spiro atoms. The molecular formula is C25H19N3O5. The van der Waals surface area contributed by atoms with Crippen molar-refractivity contribution in [3.63, 3.8) is 0 Å². The van der Waals surface area contributed by atoms with E-state index in [0.29, 0.717) is 5.76 Å². The number of imide groups is 1. The summed E-state index contributed by atoms with van der Waals surface area (Å²) >= 11 is 0. The molecule has 164 valence electrons. The first-order valence-electron chi connectivity index (χ1n) is 10.2. The van der Waals surface area contributed by atoms with Crippen LogP contribution in [0.2, 0.25) is 0 Å². The molecule has 1 fully saturated rings. The molecule has 8 heteroatoms. The summed E-state index contributed by atoms with van der Waals surface area (Å²) < 4.78 is 11.9. The van der Waals surface area contributed by atoms with Crippen molar-refractivity contribution in [2.24, 2.45) is 0 Å². The van der Waals surface area contributed by atoms with Crippen molar-refractivity contribution in [2.75, 3.05) is 7.11 Å². The van der Waals surface area contributed by atoms with E-state index in [1.54, 1.807) is 6.08 Å². The Hall–Kier alpha value is -4.59. The van der Waals surface area contributed by atoms with Crippen molar-refractivity contribution in [2.45, 2.75) is 6.54 Å². The first kappa shape index (κ1) is 20.3. The Morgan fingerprint density at radius 3 is 2.67 bits per heavy atom. The maximum Gasteiger partial charge on any atom is 0.373 e. The number of hydrogen-bond donors (Lipinski definition) is 1. The van der Waals surface area contributed by atoms with Crippen LogP contribution in [0.5, 0.6) is 0 Å². The number of fused-ring (bicyclic) bond motifs is 1. The number of esters is 1. The molecule has 1 N–H and O–H groups in total. The molecule has 3 heterocycles. The number of ether oxygens (including phenoxy) is 1. The van der Waals surface area contributed by atoms with Crippen LogP contribution in [0.1, 0.15) is 22.0 Å². The van der Waals surface area contributed by atoms with Gasteiger partial charge in [-0.3, -0.25) is 9.69 Å². The molecule has 0 saturated carbocycles. The number of nitrogens with zero attached hydrogens (tertiary/aromatic N) is 2. The number of amides is 3. The van der Waals surface area contributed by atoms with Crippen molar-refractivity contribution in [3.05, 3.63) is 95.8 Å². The van der Waals surface area contributed by atoms with Gasteiger partial charge in [0.1, 0.15) is 11.5 Å². The monoisotopic (exact) mass is 441 g/mol. The molecule has 0 unspecified atom stereocenters. The number of carbonyl (C=O) groups excluding carboxylic acids is 3. The van der Waals surface area contributed by atoms with Gasteiger partial charge in [-0.2, -0.15) is 0 Å². The fourth-order valence-electron chi connectivity index (χ4n) is 3.77. The summed E-state index contributed by atoms with van der Waals surface area (Å²) in [4.78, 5) is 37.9. The average Bonchev–Trinajstić information content (AvgIpc) is 3.55. The van der Waals surface area contributed by atoms with E-state index >= 15 is 0 Å². The fraction of sp³-hybridized carbons (Fsp3) is 0.0800. The lowest BCUT2D eigenvalue weighted by molar-refractivity contribution is -0.123. The Morgan fingerprint density at radius 2 is 1.85 bits per heavy atom. The number of furan rings is 1. The Labute approximate surface area is 188 Å². The summed E-state index contributed by atoms with van der Waals surface area (Å²) in [7, 11) is 1.24. The third-order valence-corrected chi connectivity index (χ3v) is 5.41. The van der Waals surface area contributed by atoms with E-state index in [0.717, 1.165) is 27.1 Å². The van der Waals surface area contributed by atoms with Crippen LogP contribution in [0.3, 0.4) is 0 Å². The fourth-order valence-corrected chi connectivity index (χ4v) is 3.77. The number of rotatable bonds is 5. The van der Waals surface area contributed by atoms with Crippen molar-refractivity contribution in [3.8, 4) is 5.69 Å². The van der Waals surface area contributed by atoms with Gasteiger partial charge in [-0.05, 0) is 53.2 Å². The molecule has 0 bridgehead atoms. The van der Waals surface area contributed by atoms with Crippen LogP contribution in [0.25, 0.3) is 22.5 Å². The molecule has 2 aromatic carbocycles. The summed E-state index contributed by atoms with van der Waals surface area (Å²) in [5.41, 5.74) is 1.83. The van der Waals surface area contributed by atoms with E-state index in [4.69, 9.17) is 4.42 Å². The predicted molar refractivity (Wildman–Crippen MR) is 120 cm³/mol. The van der Waals surface area contributed by atoms with Crippen LogP contribution in [-0.2, 0) is 16.1 Å². The van der Waals surface area contributed by atoms with Crippen LogP contribution in [0.4, 0.5) is 4.79 Å². The molecular weight excluding hydrogens is 422 g/mol. The second-order valence-corrected chi connectivity index (χ2v) is 7.47. The predicted octanol–water partition coefficient (Wildman–Crippen LogP) is 4.10. The molecule has 1 saturated heterocycles. The average molecular weight is 441 g/mol. The second-order valence-electron chi connectivity index (χ2n) is 7.47. The van der Waals surface area contributed by atoms with E-state index in [2.05, 4.69) is 16.1 Å². The SMILES string of the molecule is COC(=O)c1ccc(CN2C(=O)NC(=Cc3cccn3-c3ccc4ccccc4c3)C2=O)o1. The third-order valence-electron chi connectivity index (χ3n) is 5.41. The molecule has 1 aliphatic rings. The Balaban J connectivity index is 1.40. The number of nitrogens with one attached hydrogen (secondary N) is 1. The van der Waals surface area contributed by atoms with Gasteiger partial charge in [0.15, 0.2) is 0 Å². The van der Waals surface area contributed by atoms with Gasteiger partial charge in [0.2, 0.25) is 5.76 Å². The molecule has 3 amide bonds. The number of urea groups is 1. The third kappa shape index (κ3) is 3.78. The van der Waals surface area contributed by atoms with Gasteiger partial charge in [-0.1, -0.05) is 30.3 Å². The number of benzene rings is 2. The largest absolute Gasteiger partial charge is 0.463 e. The van der Waals surface area contributed by atoms with Gasteiger partial charge in [-0.25, -0.2) is 9.59 Å². The summed E-state index contributed by atoms with van der Waals surface area (Å²) in [5.74, 6) is -0.820. The summed E-state index contributed by atoms with van der Waals surface area (Å²) in [6.45, 7) is -0.106. The van der Waals surface area contributed by atoms with Gasteiger partial charge >= 0.3 is 12.0 Å². The zero-order chi connectivity index (χ0) is 22.9. The molecule has 8 nitrogen and oxygen atoms in total. The summed E-state index contributed by atoms with van der Waals surface area (Å²) in [5, 5.41) is 4.85. The lowest BCUT2D eigenvalue weighted by atomic mass is 10.1. The van der Waals surface area contributed by atoms with Gasteiger partial charge in [0.05, 0.1) is 13.7 Å². The lowest BCUT2D eigenvalue weighted by Gasteiger charge is -2.10. The minimum atomic E-state index is -0.631. The van der Waals surface area contributed by atoms with E-state index in [-0.39, 0.29) is 18.0 Å². The standard InChI is InChI=1S/C25H19N3O5/c1-32-24(30)22-11-10-20(33-22)15-28-23(29)21(26-25(28)31)14-18-7-4-12-27(18)19-9-8-16-5-2-3-6-17(16)13-19/h2-14H,15H2,1H3,(H,26,31). The first-order valence-corrected chi connectivity index (χ1v) is 10.2. The highest BCUT2D eigenvalue weighted by molar-refractivity contribution is 6.13. The quantitative estimate of drug-likeness (QED) is 0.286. The smallest absolute Gasteiger partial charge is 0.373 e. The van der Waals surface area contributed by atoms with Gasteiger partial charge < -0.3 is 19.0 Å². The Bertz CT molecular complexity index is 1430. The van der Waals surface area contributed by atoms with Crippen LogP contribution in [-0.4, -0.2) is 34.5 Å². The number of hydrogen-bond acceptors (Lipinski definition) is 5. The maximum atomic E-state index is 12.9. The summed E-state index contributed by atoms with van der Waals surface area (Å²) in [6.07, 6.45) is 3.53. The van der Waals surface area contributed by atoms with Crippen LogP contribution >= 0.6 is 0 Å². The zero-order valence-electron chi connectivity index (χ0n) is 17.6. The van der Waals surface area contributed by atoms with E-state index in [1.807, 2.05) is 59.3 Å². The first-order chi connectivity index (χ1) is 16.0. The topological polar surface area (TPSA) is 93.8 Å². The Kier molecular flexibility index (Phi) is 5.02. The van der Waals surface area contributed by atoms with Crippen LogP contribution < -0.4 is 5.32 Å². The van der Waals surface area contributed by atoms with Crippen molar-refractivity contribution >= 4 is 34.8 Å². The number of aromatic nitrogens is 1. The van der Waals surface area contributed by atoms with E-state index in [9.17, 15) is 14.4 Å². The molecule has 0 atom stereocenters. The van der Waals surface area contributed by atoms with Crippen molar-refractivity contribution in [1.82, 2.24) is 14.8 Å². The summed E-state index contributed by atoms with van der Waals surface area (Å²) in [6, 6.07) is 20.3. The maximum absolute atomic E-state index is 12.9. The highest BCUT2D eigenvalue weighted by Crippen LogP contribution is 2.23. The van der Waals surface area contributed by atoms with Crippen molar-refractivity contribution < 1.29 is 23.5 Å². The minimum absolute atomic E-state index is 0.00327. The molecule has 1 aliphatic heterocycles. The van der Waals surface area contributed by atoms with E-state index < -0.39 is 17.9 Å². The van der Waals surface area contributed by atoms with Crippen molar-refractivity contribution in [1.29, 1.82) is 0 Å². The minimum Gasteiger partial charge on any atom is -0.463 e. The Morgan fingerprint density at radius 1 is 1.03 bits per heavy atom. The molecule has 2 aromatic heterocycles. The second kappa shape index (κ2) is 8.16. The highest BCUT2D eigenvalue weighted by atomic mass is 16.5. The van der Waals surface area contributed by atoms with E-state index in [1.165, 1.54) is 19.2 Å². The number of carbonyl (C=O) groups is 3. The van der Waals surface area contributed by atoms with Crippen LogP contribution in [0.15, 0.2) is 83.0 Å². The molecule has 4 aromatic rings. The molecule has 0 aliphatic carbocycles. The molecule has 5 rings (SSSR count). The van der Waals surface area contributed by atoms with Gasteiger partial charge in [0, 0.05) is 17.6 Å². The lowest BCUT2D eigenvalue weighted by Crippen LogP contribution is -2.30. The molecule has 0 radical (unpaired) electrons. The normalized spacial score (nSPS) is 14.8. The number of methoxy groups -OCH3 is 1. The van der Waals surface area contributed by atoms with Gasteiger partial charge in [0.25, 0.3) is 5.91 Å². The zero-order valence-corrected chi connectivity index (χ0v) is 17.6. The molecule has 33 heavy (non-hydrogen) atoms. The highest BCUT2D eigenvalue weighted by Gasteiger charge is 2.34. The van der Waals surface area contributed by atoms with Gasteiger partial charge in [-0.15, -0.1) is 0 Å². The van der Waals surface area contributed by atoms with Crippen LogP contribution in [0, 0.1) is 0 Å².